The zero-order valence-corrected chi connectivity index (χ0v) is 24.1. The quantitative estimate of drug-likeness (QED) is 0.0915. The summed E-state index contributed by atoms with van der Waals surface area (Å²) in [6.07, 6.45) is -16.8. The second kappa shape index (κ2) is 14.2. The molecule has 3 aliphatic heterocycles. The van der Waals surface area contributed by atoms with Crippen LogP contribution in [0.1, 0.15) is 13.8 Å². The van der Waals surface area contributed by atoms with Gasteiger partial charge < -0.3 is 54.3 Å². The van der Waals surface area contributed by atoms with E-state index in [0.29, 0.717) is 0 Å². The van der Waals surface area contributed by atoms with Crippen LogP contribution in [0.4, 0.5) is 0 Å². The van der Waals surface area contributed by atoms with E-state index >= 15 is 0 Å². The first-order chi connectivity index (χ1) is 19.8. The first-order valence-corrected chi connectivity index (χ1v) is 15.4. The Labute approximate surface area is 245 Å². The van der Waals surface area contributed by atoms with E-state index in [0.717, 1.165) is 6.08 Å². The number of rotatable bonds is 12. The molecule has 0 amide bonds. The molecule has 0 aromatic carbocycles. The highest BCUT2D eigenvalue weighted by molar-refractivity contribution is 7.81. The zero-order chi connectivity index (χ0) is 32.4. The van der Waals surface area contributed by atoms with E-state index in [1.54, 1.807) is 0 Å². The Morgan fingerprint density at radius 3 is 1.98 bits per heavy atom. The van der Waals surface area contributed by atoms with Gasteiger partial charge in [-0.1, -0.05) is 0 Å². The van der Waals surface area contributed by atoms with Gasteiger partial charge in [0.1, 0.15) is 36.6 Å². The number of carbonyl (C=O) groups is 1. The first-order valence-electron chi connectivity index (χ1n) is 12.6. The minimum Gasteiger partial charge on any atom is -0.475 e. The fraction of sp³-hybridized carbons (Fsp3) is 0.857. The SMILES string of the molecule is CC1OC(OCC2C(O)C(COS(=O)(=O)O)OC(C)C2COC2OC(C(=O)O)=CC(O)C2O)C(O)C(OS(=O)(=O)O)C1O. The molecule has 250 valence electrons. The molecule has 0 aromatic rings. The van der Waals surface area contributed by atoms with Gasteiger partial charge in [0.05, 0.1) is 38.1 Å². The van der Waals surface area contributed by atoms with Crippen molar-refractivity contribution in [3.05, 3.63) is 11.8 Å². The summed E-state index contributed by atoms with van der Waals surface area (Å²) in [5, 5.41) is 61.1. The molecule has 0 spiro atoms. The van der Waals surface area contributed by atoms with Crippen molar-refractivity contribution in [1.82, 2.24) is 0 Å². The van der Waals surface area contributed by atoms with Crippen molar-refractivity contribution in [3.8, 4) is 0 Å². The molecule has 0 bridgehead atoms. The van der Waals surface area contributed by atoms with Gasteiger partial charge >= 0.3 is 26.8 Å². The molecule has 22 heteroatoms. The van der Waals surface area contributed by atoms with E-state index in [4.69, 9.17) is 32.8 Å². The third-order valence-electron chi connectivity index (χ3n) is 7.07. The smallest absolute Gasteiger partial charge is 0.397 e. The molecule has 13 unspecified atom stereocenters. The Balaban J connectivity index is 1.80. The van der Waals surface area contributed by atoms with Crippen LogP contribution in [0.3, 0.4) is 0 Å². The highest BCUT2D eigenvalue weighted by atomic mass is 32.3. The number of aliphatic carboxylic acids is 1. The molecule has 0 saturated carbocycles. The summed E-state index contributed by atoms with van der Waals surface area (Å²) in [6.45, 7) is 0.863. The van der Waals surface area contributed by atoms with E-state index in [-0.39, 0.29) is 0 Å². The molecule has 2 saturated heterocycles. The lowest BCUT2D eigenvalue weighted by Crippen LogP contribution is -2.60. The second-order valence-corrected chi connectivity index (χ2v) is 12.2. The molecule has 0 aromatic heterocycles. The van der Waals surface area contributed by atoms with E-state index in [2.05, 4.69) is 8.37 Å². The van der Waals surface area contributed by atoms with E-state index in [9.17, 15) is 52.3 Å². The van der Waals surface area contributed by atoms with Crippen LogP contribution in [0.2, 0.25) is 0 Å². The van der Waals surface area contributed by atoms with Crippen molar-refractivity contribution < 1.29 is 93.4 Å². The van der Waals surface area contributed by atoms with Crippen LogP contribution in [0.25, 0.3) is 0 Å². The monoisotopic (exact) mass is 670 g/mol. The number of aliphatic hydroxyl groups is 5. The van der Waals surface area contributed by atoms with Crippen molar-refractivity contribution in [2.24, 2.45) is 11.8 Å². The minimum atomic E-state index is -5.14. The molecule has 3 aliphatic rings. The normalized spacial score (nSPS) is 40.9. The molecule has 0 radical (unpaired) electrons. The van der Waals surface area contributed by atoms with E-state index in [1.165, 1.54) is 13.8 Å². The number of ether oxygens (including phenoxy) is 5. The summed E-state index contributed by atoms with van der Waals surface area (Å²) in [7, 11) is -10.1. The predicted octanol–water partition coefficient (Wildman–Crippen LogP) is -4.08. The van der Waals surface area contributed by atoms with Gasteiger partial charge in [0, 0.05) is 11.8 Å². The lowest BCUT2D eigenvalue weighted by molar-refractivity contribution is -0.300. The van der Waals surface area contributed by atoms with Crippen LogP contribution in [-0.2, 0) is 57.6 Å². The van der Waals surface area contributed by atoms with Crippen molar-refractivity contribution in [1.29, 1.82) is 0 Å². The average molecular weight is 671 g/mol. The summed E-state index contributed by atoms with van der Waals surface area (Å²) < 4.78 is 98.4. The fourth-order valence-electron chi connectivity index (χ4n) is 4.81. The molecule has 8 N–H and O–H groups in total. The maximum Gasteiger partial charge on any atom is 0.397 e. The Morgan fingerprint density at radius 1 is 0.791 bits per heavy atom. The topological polar surface area (TPSA) is 312 Å². The zero-order valence-electron chi connectivity index (χ0n) is 22.5. The maximum absolute atomic E-state index is 11.3. The molecule has 13 atom stereocenters. The van der Waals surface area contributed by atoms with Gasteiger partial charge in [-0.15, -0.1) is 0 Å². The van der Waals surface area contributed by atoms with Gasteiger partial charge in [-0.3, -0.25) is 9.11 Å². The molecule has 3 rings (SSSR count). The van der Waals surface area contributed by atoms with Gasteiger partial charge in [-0.2, -0.15) is 16.8 Å². The van der Waals surface area contributed by atoms with E-state index < -0.39 is 132 Å². The first kappa shape index (κ1) is 35.9. The summed E-state index contributed by atoms with van der Waals surface area (Å²) in [5.74, 6) is -4.33. The van der Waals surface area contributed by atoms with Crippen LogP contribution >= 0.6 is 0 Å². The fourth-order valence-corrected chi connectivity index (χ4v) is 5.62. The van der Waals surface area contributed by atoms with Crippen LogP contribution < -0.4 is 0 Å². The van der Waals surface area contributed by atoms with Crippen LogP contribution in [0.15, 0.2) is 11.8 Å². The Bertz CT molecular complexity index is 1210. The van der Waals surface area contributed by atoms with E-state index in [1.807, 2.05) is 0 Å². The highest BCUT2D eigenvalue weighted by Gasteiger charge is 2.49. The molecule has 20 nitrogen and oxygen atoms in total. The standard InChI is InChI=1S/C21H34O20S2/c1-7-9(4-35-20-16(25)11(22)3-12(40-20)19(27)28)10(15(24)13(38-7)6-37-42(29,30)31)5-36-21-17(26)18(41-43(32,33)34)14(23)8(2)39-21/h3,7-11,13-18,20-26H,4-6H2,1-2H3,(H,27,28)(H,29,30,31)(H,32,33,34). The van der Waals surface area contributed by atoms with Gasteiger partial charge in [0.2, 0.25) is 12.0 Å². The molecular formula is C21H34O20S2. The van der Waals surface area contributed by atoms with Gasteiger partial charge in [0.25, 0.3) is 0 Å². The van der Waals surface area contributed by atoms with Crippen LogP contribution in [0, 0.1) is 11.8 Å². The number of hydrogen-bond acceptors (Lipinski definition) is 17. The van der Waals surface area contributed by atoms with Crippen molar-refractivity contribution in [3.63, 3.8) is 0 Å². The van der Waals surface area contributed by atoms with Crippen LogP contribution in [-0.4, -0.2) is 150 Å². The molecular weight excluding hydrogens is 636 g/mol. The summed E-state index contributed by atoms with van der Waals surface area (Å²) >= 11 is 0. The third kappa shape index (κ3) is 9.44. The van der Waals surface area contributed by atoms with Crippen molar-refractivity contribution in [2.45, 2.75) is 81.4 Å². The summed E-state index contributed by atoms with van der Waals surface area (Å²) in [6, 6.07) is 0. The van der Waals surface area contributed by atoms with Gasteiger partial charge in [-0.25, -0.2) is 13.2 Å². The number of aliphatic hydroxyl groups excluding tert-OH is 5. The highest BCUT2D eigenvalue weighted by Crippen LogP contribution is 2.35. The maximum atomic E-state index is 11.3. The van der Waals surface area contributed by atoms with Gasteiger partial charge in [-0.05, 0) is 19.9 Å². The average Bonchev–Trinajstić information content (AvgIpc) is 2.88. The van der Waals surface area contributed by atoms with Crippen molar-refractivity contribution in [2.75, 3.05) is 19.8 Å². The Morgan fingerprint density at radius 2 is 1.40 bits per heavy atom. The second-order valence-electron chi connectivity index (χ2n) is 10.1. The molecule has 2 fully saturated rings. The number of hydrogen-bond donors (Lipinski definition) is 8. The Kier molecular flexibility index (Phi) is 11.9. The lowest BCUT2D eigenvalue weighted by Gasteiger charge is -2.45. The van der Waals surface area contributed by atoms with Gasteiger partial charge in [0.15, 0.2) is 6.29 Å². The Hall–Kier alpha value is -1.61. The third-order valence-corrected chi connectivity index (χ3v) is 7.97. The molecule has 43 heavy (non-hydrogen) atoms. The molecule has 0 aliphatic carbocycles. The largest absolute Gasteiger partial charge is 0.475 e. The van der Waals surface area contributed by atoms with Crippen LogP contribution in [0.5, 0.6) is 0 Å². The lowest BCUT2D eigenvalue weighted by atomic mass is 9.80. The summed E-state index contributed by atoms with van der Waals surface area (Å²) in [5.41, 5.74) is 0. The summed E-state index contributed by atoms with van der Waals surface area (Å²) in [4.78, 5) is 11.3. The predicted molar refractivity (Wildman–Crippen MR) is 132 cm³/mol. The number of carboxylic acids is 1. The minimum absolute atomic E-state index is 0.461. The number of carboxylic acid groups (broad SMARTS) is 1. The van der Waals surface area contributed by atoms with Crippen molar-refractivity contribution >= 4 is 26.8 Å². The molecule has 3 heterocycles.